The van der Waals surface area contributed by atoms with Crippen LogP contribution < -0.4 is 0 Å². The smallest absolute Gasteiger partial charge is 0.152 e. The van der Waals surface area contributed by atoms with Crippen LogP contribution in [0, 0.1) is 0 Å². The number of hydrogen-bond acceptors (Lipinski definition) is 3. The minimum Gasteiger partial charge on any atom is -0.376 e. The molecule has 0 atom stereocenters. The Hall–Kier alpha value is -0.190. The summed E-state index contributed by atoms with van der Waals surface area (Å²) in [6, 6.07) is 0. The van der Waals surface area contributed by atoms with Crippen LogP contribution in [0.4, 0.5) is 0 Å². The zero-order chi connectivity index (χ0) is 8.55. The number of ether oxygens (including phenoxy) is 1. The molecule has 2 nitrogen and oxygen atoms in total. The second-order valence-corrected chi connectivity index (χ2v) is 5.03. The van der Waals surface area contributed by atoms with Crippen LogP contribution in [0.1, 0.15) is 20.8 Å². The van der Waals surface area contributed by atoms with E-state index < -0.39 is 0 Å². The van der Waals surface area contributed by atoms with E-state index in [4.69, 9.17) is 4.74 Å². The van der Waals surface area contributed by atoms with Crippen molar-refractivity contribution in [2.24, 2.45) is 0 Å². The molecule has 2 heterocycles. The molecular weight excluding hydrogens is 240 g/mol. The summed E-state index contributed by atoms with van der Waals surface area (Å²) in [6.45, 7) is 1.39. The molecule has 0 aliphatic carbocycles. The number of hydrogen-bond donors (Lipinski definition) is 0. The first-order valence-electron chi connectivity index (χ1n) is 3.66. The summed E-state index contributed by atoms with van der Waals surface area (Å²) in [6.07, 6.45) is 1.79. The Morgan fingerprint density at radius 2 is 2.42 bits per heavy atom. The lowest BCUT2D eigenvalue weighted by molar-refractivity contribution is 0.109. The van der Waals surface area contributed by atoms with Crippen LogP contribution in [0.5, 0.6) is 0 Å². The van der Waals surface area contributed by atoms with Crippen LogP contribution in [-0.4, -0.2) is 12.9 Å². The monoisotopic (exact) mass is 246 g/mol. The summed E-state index contributed by atoms with van der Waals surface area (Å²) in [4.78, 5) is 11.9. The van der Waals surface area contributed by atoms with E-state index in [0.717, 1.165) is 28.7 Å². The number of thiophene rings is 1. The number of aldehydes is 1. The second-order valence-electron chi connectivity index (χ2n) is 2.61. The van der Waals surface area contributed by atoms with Crippen molar-refractivity contribution in [2.75, 3.05) is 6.61 Å². The maximum Gasteiger partial charge on any atom is 0.152 e. The van der Waals surface area contributed by atoms with Crippen molar-refractivity contribution in [1.82, 2.24) is 0 Å². The molecule has 0 unspecified atom stereocenters. The molecular formula is C8H7BrO2S. The van der Waals surface area contributed by atoms with Crippen LogP contribution in [0.2, 0.25) is 0 Å². The SMILES string of the molecule is O=Cc1c(Br)sc2c1CCOC2. The number of carbonyl (C=O) groups excluding carboxylic acids is 1. The third kappa shape index (κ3) is 1.24. The number of carbonyl (C=O) groups is 1. The Kier molecular flexibility index (Phi) is 2.30. The van der Waals surface area contributed by atoms with E-state index in [-0.39, 0.29) is 0 Å². The van der Waals surface area contributed by atoms with E-state index in [0.29, 0.717) is 6.61 Å². The highest BCUT2D eigenvalue weighted by Crippen LogP contribution is 2.34. The molecule has 1 aromatic rings. The van der Waals surface area contributed by atoms with E-state index in [9.17, 15) is 4.79 Å². The Morgan fingerprint density at radius 3 is 3.17 bits per heavy atom. The summed E-state index contributed by atoms with van der Waals surface area (Å²) in [5, 5.41) is 0. The highest BCUT2D eigenvalue weighted by atomic mass is 79.9. The molecule has 1 aromatic heterocycles. The predicted molar refractivity (Wildman–Crippen MR) is 50.8 cm³/mol. The summed E-state index contributed by atoms with van der Waals surface area (Å²) in [5.74, 6) is 0. The van der Waals surface area contributed by atoms with Crippen LogP contribution in [0.25, 0.3) is 0 Å². The molecule has 0 radical (unpaired) electrons. The van der Waals surface area contributed by atoms with Gasteiger partial charge in [-0.3, -0.25) is 4.79 Å². The molecule has 12 heavy (non-hydrogen) atoms. The third-order valence-corrected chi connectivity index (χ3v) is 3.86. The molecule has 0 saturated heterocycles. The summed E-state index contributed by atoms with van der Waals surface area (Å²) in [5.41, 5.74) is 1.99. The number of rotatable bonds is 1. The maximum absolute atomic E-state index is 10.7. The maximum atomic E-state index is 10.7. The molecule has 64 valence electrons. The van der Waals surface area contributed by atoms with Crippen molar-refractivity contribution in [1.29, 1.82) is 0 Å². The summed E-state index contributed by atoms with van der Waals surface area (Å²) < 4.78 is 6.22. The van der Waals surface area contributed by atoms with Crippen LogP contribution in [-0.2, 0) is 17.8 Å². The van der Waals surface area contributed by atoms with Gasteiger partial charge in [-0.1, -0.05) is 0 Å². The van der Waals surface area contributed by atoms with E-state index in [2.05, 4.69) is 15.9 Å². The lowest BCUT2D eigenvalue weighted by Crippen LogP contribution is -2.08. The van der Waals surface area contributed by atoms with Crippen molar-refractivity contribution < 1.29 is 9.53 Å². The first kappa shape index (κ1) is 8.41. The average Bonchev–Trinajstić information content (AvgIpc) is 2.40. The Bertz CT molecular complexity index is 319. The van der Waals surface area contributed by atoms with Gasteiger partial charge in [0.2, 0.25) is 0 Å². The van der Waals surface area contributed by atoms with Gasteiger partial charge in [0.05, 0.1) is 17.0 Å². The van der Waals surface area contributed by atoms with Crippen molar-refractivity contribution in [3.63, 3.8) is 0 Å². The number of fused-ring (bicyclic) bond motifs is 1. The third-order valence-electron chi connectivity index (χ3n) is 1.93. The largest absolute Gasteiger partial charge is 0.376 e. The van der Waals surface area contributed by atoms with Gasteiger partial charge in [0.25, 0.3) is 0 Å². The van der Waals surface area contributed by atoms with Gasteiger partial charge in [-0.25, -0.2) is 0 Å². The van der Waals surface area contributed by atoms with Gasteiger partial charge in [0.1, 0.15) is 0 Å². The molecule has 0 N–H and O–H groups in total. The summed E-state index contributed by atoms with van der Waals surface area (Å²) in [7, 11) is 0. The molecule has 0 aromatic carbocycles. The first-order chi connectivity index (χ1) is 5.83. The molecule has 0 spiro atoms. The van der Waals surface area contributed by atoms with Crippen molar-refractivity contribution in [2.45, 2.75) is 13.0 Å². The molecule has 0 bridgehead atoms. The van der Waals surface area contributed by atoms with Gasteiger partial charge >= 0.3 is 0 Å². The van der Waals surface area contributed by atoms with Gasteiger partial charge in [0, 0.05) is 10.4 Å². The van der Waals surface area contributed by atoms with Crippen LogP contribution >= 0.6 is 27.3 Å². The normalized spacial score (nSPS) is 15.8. The highest BCUT2D eigenvalue weighted by Gasteiger charge is 2.18. The topological polar surface area (TPSA) is 26.3 Å². The van der Waals surface area contributed by atoms with E-state index in [1.54, 1.807) is 11.3 Å². The number of halogens is 1. The molecule has 1 aliphatic heterocycles. The Labute approximate surface area is 82.7 Å². The van der Waals surface area contributed by atoms with Gasteiger partial charge in [-0.05, 0) is 27.9 Å². The van der Waals surface area contributed by atoms with Gasteiger partial charge in [-0.15, -0.1) is 11.3 Å². The summed E-state index contributed by atoms with van der Waals surface area (Å²) >= 11 is 4.97. The van der Waals surface area contributed by atoms with E-state index >= 15 is 0 Å². The van der Waals surface area contributed by atoms with Gasteiger partial charge < -0.3 is 4.74 Å². The minimum atomic E-state index is 0.659. The van der Waals surface area contributed by atoms with E-state index in [1.807, 2.05) is 0 Å². The fraction of sp³-hybridized carbons (Fsp3) is 0.375. The van der Waals surface area contributed by atoms with Crippen molar-refractivity contribution in [3.8, 4) is 0 Å². The lowest BCUT2D eigenvalue weighted by Gasteiger charge is -2.11. The fourth-order valence-corrected chi connectivity index (χ4v) is 3.23. The Balaban J connectivity index is 2.53. The molecule has 4 heteroatoms. The fourth-order valence-electron chi connectivity index (χ4n) is 1.34. The van der Waals surface area contributed by atoms with Crippen molar-refractivity contribution >= 4 is 33.6 Å². The Morgan fingerprint density at radius 1 is 1.58 bits per heavy atom. The zero-order valence-corrected chi connectivity index (χ0v) is 8.70. The molecule has 0 fully saturated rings. The molecule has 0 saturated carbocycles. The van der Waals surface area contributed by atoms with Gasteiger partial charge in [0.15, 0.2) is 6.29 Å². The standard InChI is InChI=1S/C8H7BrO2S/c9-8-6(3-10)5-1-2-11-4-7(5)12-8/h3H,1-2,4H2. The lowest BCUT2D eigenvalue weighted by atomic mass is 10.1. The quantitative estimate of drug-likeness (QED) is 0.712. The highest BCUT2D eigenvalue weighted by molar-refractivity contribution is 9.11. The van der Waals surface area contributed by atoms with Crippen LogP contribution in [0.3, 0.4) is 0 Å². The van der Waals surface area contributed by atoms with E-state index in [1.165, 1.54) is 10.4 Å². The molecule has 2 rings (SSSR count). The zero-order valence-electron chi connectivity index (χ0n) is 6.30. The van der Waals surface area contributed by atoms with Crippen molar-refractivity contribution in [3.05, 3.63) is 19.8 Å². The predicted octanol–water partition coefficient (Wildman–Crippen LogP) is 2.40. The van der Waals surface area contributed by atoms with Gasteiger partial charge in [-0.2, -0.15) is 0 Å². The minimum absolute atomic E-state index is 0.659. The first-order valence-corrected chi connectivity index (χ1v) is 5.27. The van der Waals surface area contributed by atoms with Crippen LogP contribution in [0.15, 0.2) is 3.79 Å². The molecule has 1 aliphatic rings. The molecule has 0 amide bonds. The average molecular weight is 247 g/mol. The second kappa shape index (κ2) is 3.28.